The number of carbonyl (C=O) groups excluding carboxylic acids is 1. The Labute approximate surface area is 127 Å². The molecule has 0 bridgehead atoms. The number of hydrogen-bond donors (Lipinski definition) is 1. The number of benzene rings is 1. The SMILES string of the molecule is CC(=O)N/N=C\c1cn(-c2ccccc2)nc1-c1ccco1. The summed E-state index contributed by atoms with van der Waals surface area (Å²) >= 11 is 0. The molecule has 6 nitrogen and oxygen atoms in total. The van der Waals surface area contributed by atoms with E-state index in [0.29, 0.717) is 11.5 Å². The maximum atomic E-state index is 10.9. The van der Waals surface area contributed by atoms with Crippen molar-refractivity contribution in [3.8, 4) is 17.1 Å². The average Bonchev–Trinajstić information content (AvgIpc) is 3.16. The van der Waals surface area contributed by atoms with Crippen molar-refractivity contribution in [2.24, 2.45) is 5.10 Å². The van der Waals surface area contributed by atoms with E-state index in [1.807, 2.05) is 42.6 Å². The molecule has 1 aromatic carbocycles. The predicted octanol–water partition coefficient (Wildman–Crippen LogP) is 2.60. The van der Waals surface area contributed by atoms with Crippen LogP contribution in [0.1, 0.15) is 12.5 Å². The van der Waals surface area contributed by atoms with Crippen LogP contribution in [0.25, 0.3) is 17.1 Å². The second kappa shape index (κ2) is 6.09. The number of hydrogen-bond acceptors (Lipinski definition) is 4. The third kappa shape index (κ3) is 2.95. The Morgan fingerprint density at radius 2 is 2.09 bits per heavy atom. The lowest BCUT2D eigenvalue weighted by Crippen LogP contribution is -2.12. The number of nitrogens with zero attached hydrogens (tertiary/aromatic N) is 3. The van der Waals surface area contributed by atoms with Gasteiger partial charge >= 0.3 is 0 Å². The lowest BCUT2D eigenvalue weighted by Gasteiger charge is -1.98. The van der Waals surface area contributed by atoms with Gasteiger partial charge in [-0.1, -0.05) is 18.2 Å². The van der Waals surface area contributed by atoms with Crippen LogP contribution < -0.4 is 5.43 Å². The highest BCUT2D eigenvalue weighted by Gasteiger charge is 2.13. The van der Waals surface area contributed by atoms with E-state index in [1.54, 1.807) is 23.2 Å². The molecule has 6 heteroatoms. The summed E-state index contributed by atoms with van der Waals surface area (Å²) in [6.07, 6.45) is 4.97. The maximum absolute atomic E-state index is 10.9. The smallest absolute Gasteiger partial charge is 0.236 e. The second-order valence-corrected chi connectivity index (χ2v) is 4.62. The minimum Gasteiger partial charge on any atom is -0.463 e. The lowest BCUT2D eigenvalue weighted by molar-refractivity contribution is -0.118. The van der Waals surface area contributed by atoms with Gasteiger partial charge in [0.2, 0.25) is 5.91 Å². The zero-order valence-electron chi connectivity index (χ0n) is 11.9. The van der Waals surface area contributed by atoms with Gasteiger partial charge in [0.15, 0.2) is 5.76 Å². The molecule has 2 aromatic heterocycles. The van der Waals surface area contributed by atoms with Crippen LogP contribution in [-0.4, -0.2) is 21.9 Å². The summed E-state index contributed by atoms with van der Waals surface area (Å²) in [4.78, 5) is 10.9. The predicted molar refractivity (Wildman–Crippen MR) is 82.7 cm³/mol. The van der Waals surface area contributed by atoms with E-state index in [-0.39, 0.29) is 5.91 Å². The second-order valence-electron chi connectivity index (χ2n) is 4.62. The zero-order chi connectivity index (χ0) is 15.4. The molecule has 0 aliphatic heterocycles. The molecule has 22 heavy (non-hydrogen) atoms. The minimum atomic E-state index is -0.230. The fraction of sp³-hybridized carbons (Fsp3) is 0.0625. The van der Waals surface area contributed by atoms with Crippen LogP contribution >= 0.6 is 0 Å². The number of amides is 1. The van der Waals surface area contributed by atoms with Gasteiger partial charge in [-0.25, -0.2) is 10.1 Å². The van der Waals surface area contributed by atoms with Gasteiger partial charge in [-0.05, 0) is 24.3 Å². The van der Waals surface area contributed by atoms with Crippen molar-refractivity contribution in [3.05, 3.63) is 60.5 Å². The molecule has 1 N–H and O–H groups in total. The summed E-state index contributed by atoms with van der Waals surface area (Å²) in [6, 6.07) is 13.4. The van der Waals surface area contributed by atoms with Crippen LogP contribution in [0, 0.1) is 0 Å². The molecular weight excluding hydrogens is 280 g/mol. The van der Waals surface area contributed by atoms with Crippen molar-refractivity contribution < 1.29 is 9.21 Å². The first-order chi connectivity index (χ1) is 10.7. The zero-order valence-corrected chi connectivity index (χ0v) is 11.9. The molecule has 0 aliphatic rings. The van der Waals surface area contributed by atoms with Gasteiger partial charge in [-0.3, -0.25) is 4.79 Å². The first kappa shape index (κ1) is 13.8. The molecular formula is C16H14N4O2. The van der Waals surface area contributed by atoms with E-state index in [1.165, 1.54) is 6.92 Å². The highest BCUT2D eigenvalue weighted by Crippen LogP contribution is 2.22. The van der Waals surface area contributed by atoms with Crippen LogP contribution in [0.4, 0.5) is 0 Å². The third-order valence-electron chi connectivity index (χ3n) is 2.94. The molecule has 0 saturated carbocycles. The minimum absolute atomic E-state index is 0.230. The van der Waals surface area contributed by atoms with Crippen molar-refractivity contribution in [2.75, 3.05) is 0 Å². The highest BCUT2D eigenvalue weighted by atomic mass is 16.3. The van der Waals surface area contributed by atoms with Crippen molar-refractivity contribution in [3.63, 3.8) is 0 Å². The van der Waals surface area contributed by atoms with Crippen LogP contribution in [0.2, 0.25) is 0 Å². The van der Waals surface area contributed by atoms with E-state index in [2.05, 4.69) is 15.6 Å². The highest BCUT2D eigenvalue weighted by molar-refractivity contribution is 5.88. The molecule has 0 atom stereocenters. The Bertz CT molecular complexity index is 789. The number of aromatic nitrogens is 2. The third-order valence-corrected chi connectivity index (χ3v) is 2.94. The fourth-order valence-corrected chi connectivity index (χ4v) is 1.99. The van der Waals surface area contributed by atoms with Gasteiger partial charge in [0.25, 0.3) is 0 Å². The molecule has 0 unspecified atom stereocenters. The number of furan rings is 1. The van der Waals surface area contributed by atoms with Gasteiger partial charge in [0, 0.05) is 18.7 Å². The molecule has 2 heterocycles. The van der Waals surface area contributed by atoms with Crippen LogP contribution in [0.3, 0.4) is 0 Å². The number of hydrazone groups is 1. The fourth-order valence-electron chi connectivity index (χ4n) is 1.99. The van der Waals surface area contributed by atoms with E-state index in [9.17, 15) is 4.79 Å². The molecule has 0 fully saturated rings. The van der Waals surface area contributed by atoms with Gasteiger partial charge in [-0.15, -0.1) is 0 Å². The monoisotopic (exact) mass is 294 g/mol. The van der Waals surface area contributed by atoms with Crippen LogP contribution in [0.5, 0.6) is 0 Å². The molecule has 3 aromatic rings. The summed E-state index contributed by atoms with van der Waals surface area (Å²) < 4.78 is 7.16. The summed E-state index contributed by atoms with van der Waals surface area (Å²) in [5, 5.41) is 8.44. The summed E-state index contributed by atoms with van der Waals surface area (Å²) in [5.74, 6) is 0.408. The van der Waals surface area contributed by atoms with Crippen LogP contribution in [0.15, 0.2) is 64.4 Å². The lowest BCUT2D eigenvalue weighted by atomic mass is 10.2. The Hall–Kier alpha value is -3.15. The number of para-hydroxylation sites is 1. The van der Waals surface area contributed by atoms with E-state index in [0.717, 1.165) is 11.3 Å². The van der Waals surface area contributed by atoms with Crippen molar-refractivity contribution >= 4 is 12.1 Å². The molecule has 0 aliphatic carbocycles. The molecule has 0 spiro atoms. The molecule has 0 radical (unpaired) electrons. The van der Waals surface area contributed by atoms with E-state index < -0.39 is 0 Å². The van der Waals surface area contributed by atoms with Crippen LogP contribution in [-0.2, 0) is 4.79 Å². The van der Waals surface area contributed by atoms with E-state index >= 15 is 0 Å². The van der Waals surface area contributed by atoms with Gasteiger partial charge in [-0.2, -0.15) is 10.2 Å². The van der Waals surface area contributed by atoms with Crippen molar-refractivity contribution in [1.82, 2.24) is 15.2 Å². The molecule has 1 amide bonds. The molecule has 0 saturated heterocycles. The topological polar surface area (TPSA) is 72.4 Å². The normalized spacial score (nSPS) is 11.0. The Morgan fingerprint density at radius 3 is 2.77 bits per heavy atom. The van der Waals surface area contributed by atoms with Gasteiger partial charge in [0.1, 0.15) is 5.69 Å². The summed E-state index contributed by atoms with van der Waals surface area (Å²) in [6.45, 7) is 1.40. The Balaban J connectivity index is 2.01. The van der Waals surface area contributed by atoms with Gasteiger partial charge in [0.05, 0.1) is 18.2 Å². The average molecular weight is 294 g/mol. The first-order valence-corrected chi connectivity index (χ1v) is 6.72. The number of nitrogens with one attached hydrogen (secondary N) is 1. The number of carbonyl (C=O) groups is 1. The standard InChI is InChI=1S/C16H14N4O2/c1-12(21)18-17-10-13-11-20(14-6-3-2-4-7-14)19-16(13)15-8-5-9-22-15/h2-11H,1H3,(H,18,21)/b17-10-. The van der Waals surface area contributed by atoms with E-state index in [4.69, 9.17) is 4.42 Å². The number of rotatable bonds is 4. The van der Waals surface area contributed by atoms with Crippen molar-refractivity contribution in [1.29, 1.82) is 0 Å². The Kier molecular flexibility index (Phi) is 3.82. The summed E-state index contributed by atoms with van der Waals surface area (Å²) in [7, 11) is 0. The quantitative estimate of drug-likeness (QED) is 0.594. The van der Waals surface area contributed by atoms with Gasteiger partial charge < -0.3 is 4.42 Å². The maximum Gasteiger partial charge on any atom is 0.236 e. The largest absolute Gasteiger partial charge is 0.463 e. The molecule has 110 valence electrons. The summed E-state index contributed by atoms with van der Waals surface area (Å²) in [5.41, 5.74) is 4.70. The first-order valence-electron chi connectivity index (χ1n) is 6.72. The Morgan fingerprint density at radius 1 is 1.27 bits per heavy atom. The molecule has 3 rings (SSSR count). The van der Waals surface area contributed by atoms with Crippen molar-refractivity contribution in [2.45, 2.75) is 6.92 Å².